The highest BCUT2D eigenvalue weighted by Crippen LogP contribution is 2.39. The summed E-state index contributed by atoms with van der Waals surface area (Å²) in [5.74, 6) is 0.596. The standard InChI is InChI=1S/C21H26O7/c1-12(21(23)26-4)28-14-6-7-15-18(10-14)27-11-16(20(15)22)13-5-8-17(24-2)19(9-13)25-3/h5,8-9,11-12,14-15,18H,6-7,10H2,1-4H3. The predicted octanol–water partition coefficient (Wildman–Crippen LogP) is 2.76. The van der Waals surface area contributed by atoms with E-state index in [1.165, 1.54) is 13.4 Å². The molecule has 0 N–H and O–H groups in total. The van der Waals surface area contributed by atoms with E-state index in [4.69, 9.17) is 23.7 Å². The minimum atomic E-state index is -0.635. The molecule has 0 saturated heterocycles. The van der Waals surface area contributed by atoms with Gasteiger partial charge in [-0.2, -0.15) is 0 Å². The van der Waals surface area contributed by atoms with E-state index in [0.29, 0.717) is 36.3 Å². The Kier molecular flexibility index (Phi) is 6.24. The van der Waals surface area contributed by atoms with Gasteiger partial charge in [0.25, 0.3) is 0 Å². The maximum Gasteiger partial charge on any atom is 0.334 e. The van der Waals surface area contributed by atoms with Gasteiger partial charge in [0, 0.05) is 6.42 Å². The van der Waals surface area contributed by atoms with Gasteiger partial charge in [-0.1, -0.05) is 6.07 Å². The van der Waals surface area contributed by atoms with Crippen molar-refractivity contribution in [2.24, 2.45) is 5.92 Å². The first-order valence-corrected chi connectivity index (χ1v) is 9.34. The van der Waals surface area contributed by atoms with Crippen LogP contribution in [0.3, 0.4) is 0 Å². The second kappa shape index (κ2) is 8.65. The van der Waals surface area contributed by atoms with Gasteiger partial charge < -0.3 is 23.7 Å². The SMILES string of the molecule is COC(=O)C(C)OC1CCC2C(=O)C(c3ccc(OC)c(OC)c3)=COC2C1. The molecule has 1 aliphatic carbocycles. The lowest BCUT2D eigenvalue weighted by atomic mass is 9.78. The van der Waals surface area contributed by atoms with Crippen molar-refractivity contribution in [3.63, 3.8) is 0 Å². The smallest absolute Gasteiger partial charge is 0.334 e. The van der Waals surface area contributed by atoms with E-state index in [1.807, 2.05) is 6.07 Å². The molecule has 3 rings (SSSR count). The molecule has 1 aromatic carbocycles. The fraction of sp³-hybridized carbons (Fsp3) is 0.524. The molecule has 0 amide bonds. The second-order valence-corrected chi connectivity index (χ2v) is 6.98. The Bertz CT molecular complexity index is 770. The first-order chi connectivity index (χ1) is 13.5. The number of hydrogen-bond donors (Lipinski definition) is 0. The van der Waals surface area contributed by atoms with E-state index >= 15 is 0 Å². The van der Waals surface area contributed by atoms with Crippen LogP contribution in [-0.2, 0) is 23.8 Å². The van der Waals surface area contributed by atoms with Gasteiger partial charge >= 0.3 is 5.97 Å². The van der Waals surface area contributed by atoms with Crippen molar-refractivity contribution >= 4 is 17.3 Å². The Hall–Kier alpha value is -2.54. The first kappa shape index (κ1) is 20.2. The van der Waals surface area contributed by atoms with E-state index < -0.39 is 12.1 Å². The highest BCUT2D eigenvalue weighted by atomic mass is 16.6. The van der Waals surface area contributed by atoms with Crippen LogP contribution in [0.5, 0.6) is 11.5 Å². The highest BCUT2D eigenvalue weighted by Gasteiger charge is 2.41. The number of rotatable bonds is 6. The van der Waals surface area contributed by atoms with Crippen LogP contribution in [0.15, 0.2) is 24.5 Å². The number of benzene rings is 1. The minimum Gasteiger partial charge on any atom is -0.496 e. The Labute approximate surface area is 164 Å². The number of allylic oxidation sites excluding steroid dienone is 1. The number of Topliss-reactive ketones (excluding diaryl/α,β-unsaturated/α-hetero) is 1. The molecule has 1 saturated carbocycles. The Morgan fingerprint density at radius 1 is 1.14 bits per heavy atom. The topological polar surface area (TPSA) is 80.3 Å². The van der Waals surface area contributed by atoms with Gasteiger partial charge in [-0.25, -0.2) is 4.79 Å². The molecule has 0 aromatic heterocycles. The molecule has 1 heterocycles. The average Bonchev–Trinajstić information content (AvgIpc) is 2.72. The van der Waals surface area contributed by atoms with Crippen molar-refractivity contribution in [1.29, 1.82) is 0 Å². The van der Waals surface area contributed by atoms with Gasteiger partial charge in [-0.05, 0) is 37.5 Å². The summed E-state index contributed by atoms with van der Waals surface area (Å²) in [6, 6.07) is 5.37. The molecule has 1 fully saturated rings. The summed E-state index contributed by atoms with van der Waals surface area (Å²) in [7, 11) is 4.46. The van der Waals surface area contributed by atoms with Crippen molar-refractivity contribution in [3.05, 3.63) is 30.0 Å². The van der Waals surface area contributed by atoms with Gasteiger partial charge in [-0.15, -0.1) is 0 Å². The molecule has 0 spiro atoms. The number of fused-ring (bicyclic) bond motifs is 1. The van der Waals surface area contributed by atoms with E-state index in [-0.39, 0.29) is 23.9 Å². The summed E-state index contributed by atoms with van der Waals surface area (Å²) >= 11 is 0. The quantitative estimate of drug-likeness (QED) is 0.691. The lowest BCUT2D eigenvalue weighted by Crippen LogP contribution is -2.42. The van der Waals surface area contributed by atoms with Crippen LogP contribution in [-0.4, -0.2) is 51.4 Å². The summed E-state index contributed by atoms with van der Waals surface area (Å²) in [4.78, 5) is 24.6. The molecule has 0 bridgehead atoms. The van der Waals surface area contributed by atoms with Crippen LogP contribution in [0.25, 0.3) is 5.57 Å². The Balaban J connectivity index is 1.72. The number of carbonyl (C=O) groups excluding carboxylic acids is 2. The fourth-order valence-electron chi connectivity index (χ4n) is 3.80. The molecule has 0 radical (unpaired) electrons. The number of ether oxygens (including phenoxy) is 5. The molecule has 1 aliphatic heterocycles. The van der Waals surface area contributed by atoms with Crippen LogP contribution in [0.1, 0.15) is 31.7 Å². The maximum absolute atomic E-state index is 13.1. The van der Waals surface area contributed by atoms with Crippen molar-refractivity contribution < 1.29 is 33.3 Å². The monoisotopic (exact) mass is 390 g/mol. The molecule has 4 atom stereocenters. The van der Waals surface area contributed by atoms with Crippen LogP contribution < -0.4 is 9.47 Å². The Morgan fingerprint density at radius 3 is 2.57 bits per heavy atom. The summed E-state index contributed by atoms with van der Waals surface area (Å²) in [5, 5.41) is 0. The number of hydrogen-bond acceptors (Lipinski definition) is 7. The molecular formula is C21H26O7. The van der Waals surface area contributed by atoms with Crippen LogP contribution in [0.4, 0.5) is 0 Å². The van der Waals surface area contributed by atoms with Crippen LogP contribution in [0.2, 0.25) is 0 Å². The molecule has 7 heteroatoms. The van der Waals surface area contributed by atoms with Crippen LogP contribution in [0, 0.1) is 5.92 Å². The molecule has 1 aromatic rings. The summed E-state index contributed by atoms with van der Waals surface area (Å²) in [5.41, 5.74) is 1.27. The zero-order valence-corrected chi connectivity index (χ0v) is 16.6. The largest absolute Gasteiger partial charge is 0.496 e. The molecule has 2 aliphatic rings. The van der Waals surface area contributed by atoms with E-state index in [9.17, 15) is 9.59 Å². The summed E-state index contributed by atoms with van der Waals surface area (Å²) < 4.78 is 27.0. The number of ketones is 1. The zero-order chi connectivity index (χ0) is 20.3. The lowest BCUT2D eigenvalue weighted by molar-refractivity contribution is -0.161. The third kappa shape index (κ3) is 3.99. The summed E-state index contributed by atoms with van der Waals surface area (Å²) in [6.07, 6.45) is 2.40. The molecule has 152 valence electrons. The van der Waals surface area contributed by atoms with Gasteiger partial charge in [-0.3, -0.25) is 4.79 Å². The van der Waals surface area contributed by atoms with Crippen molar-refractivity contribution in [2.45, 2.75) is 44.5 Å². The van der Waals surface area contributed by atoms with Crippen molar-refractivity contribution in [2.75, 3.05) is 21.3 Å². The summed E-state index contributed by atoms with van der Waals surface area (Å²) in [6.45, 7) is 1.67. The average molecular weight is 390 g/mol. The zero-order valence-electron chi connectivity index (χ0n) is 16.6. The van der Waals surface area contributed by atoms with Gasteiger partial charge in [0.1, 0.15) is 6.10 Å². The second-order valence-electron chi connectivity index (χ2n) is 6.98. The van der Waals surface area contributed by atoms with E-state index in [0.717, 1.165) is 5.56 Å². The lowest BCUT2D eigenvalue weighted by Gasteiger charge is -2.38. The number of carbonyl (C=O) groups is 2. The van der Waals surface area contributed by atoms with E-state index in [1.54, 1.807) is 33.3 Å². The predicted molar refractivity (Wildman–Crippen MR) is 101 cm³/mol. The van der Waals surface area contributed by atoms with Crippen molar-refractivity contribution in [3.8, 4) is 11.5 Å². The minimum absolute atomic E-state index is 0.0583. The maximum atomic E-state index is 13.1. The molecular weight excluding hydrogens is 364 g/mol. The fourth-order valence-corrected chi connectivity index (χ4v) is 3.80. The van der Waals surface area contributed by atoms with Gasteiger partial charge in [0.2, 0.25) is 0 Å². The number of methoxy groups -OCH3 is 3. The van der Waals surface area contributed by atoms with Crippen LogP contribution >= 0.6 is 0 Å². The number of esters is 1. The normalized spacial score (nSPS) is 25.1. The van der Waals surface area contributed by atoms with Crippen molar-refractivity contribution in [1.82, 2.24) is 0 Å². The molecule has 28 heavy (non-hydrogen) atoms. The van der Waals surface area contributed by atoms with E-state index in [2.05, 4.69) is 0 Å². The van der Waals surface area contributed by atoms with Gasteiger partial charge in [0.15, 0.2) is 23.4 Å². The van der Waals surface area contributed by atoms with Gasteiger partial charge in [0.05, 0.1) is 45.2 Å². The third-order valence-corrected chi connectivity index (χ3v) is 5.33. The molecule has 7 nitrogen and oxygen atoms in total. The highest BCUT2D eigenvalue weighted by molar-refractivity contribution is 6.22. The Morgan fingerprint density at radius 2 is 1.89 bits per heavy atom. The third-order valence-electron chi connectivity index (χ3n) is 5.33. The molecule has 4 unspecified atom stereocenters. The first-order valence-electron chi connectivity index (χ1n) is 9.34.